The Morgan fingerprint density at radius 1 is 1.32 bits per heavy atom. The fraction of sp³-hybridized carbons (Fsp3) is 0.333. The Bertz CT molecular complexity index is 503. The Morgan fingerprint density at radius 2 is 2.11 bits per heavy atom. The first kappa shape index (κ1) is 13.3. The minimum Gasteiger partial charge on any atom is -0.494 e. The number of benzene rings is 1. The van der Waals surface area contributed by atoms with Gasteiger partial charge in [-0.3, -0.25) is 9.36 Å². The van der Waals surface area contributed by atoms with E-state index in [-0.39, 0.29) is 5.91 Å². The van der Waals surface area contributed by atoms with E-state index in [2.05, 4.69) is 24.0 Å². The van der Waals surface area contributed by atoms with Crippen LogP contribution in [0.15, 0.2) is 43.0 Å². The summed E-state index contributed by atoms with van der Waals surface area (Å²) in [5.41, 5.74) is 1.29. The average Bonchev–Trinajstić information content (AvgIpc) is 2.98. The van der Waals surface area contributed by atoms with Crippen molar-refractivity contribution in [3.8, 4) is 5.75 Å². The number of ether oxygens (including phenoxy) is 1. The predicted molar refractivity (Wildman–Crippen MR) is 73.4 cm³/mol. The Kier molecular flexibility index (Phi) is 4.72. The fourth-order valence-electron chi connectivity index (χ4n) is 1.77. The molecular formula is C15H18N2O2. The number of hydrogen-bond donors (Lipinski definition) is 0. The van der Waals surface area contributed by atoms with Crippen molar-refractivity contribution in [3.63, 3.8) is 0 Å². The molecule has 4 nitrogen and oxygen atoms in total. The van der Waals surface area contributed by atoms with E-state index in [9.17, 15) is 4.79 Å². The molecule has 0 atom stereocenters. The summed E-state index contributed by atoms with van der Waals surface area (Å²) in [6.45, 7) is 2.67. The summed E-state index contributed by atoms with van der Waals surface area (Å²) in [5, 5.41) is 0. The Labute approximate surface area is 113 Å². The van der Waals surface area contributed by atoms with Gasteiger partial charge in [0.05, 0.1) is 6.61 Å². The summed E-state index contributed by atoms with van der Waals surface area (Å²) in [6, 6.07) is 8.06. The highest BCUT2D eigenvalue weighted by atomic mass is 16.5. The molecule has 0 bridgehead atoms. The molecule has 0 aliphatic carbocycles. The van der Waals surface area contributed by atoms with Crippen molar-refractivity contribution in [1.82, 2.24) is 9.55 Å². The minimum absolute atomic E-state index is 0.0439. The van der Waals surface area contributed by atoms with Crippen LogP contribution >= 0.6 is 0 Å². The van der Waals surface area contributed by atoms with Gasteiger partial charge in [0.2, 0.25) is 5.91 Å². The SMILES string of the molecule is CCc1ccc(OCCCC(=O)n2ccnc2)cc1. The Hall–Kier alpha value is -2.10. The predicted octanol–water partition coefficient (Wildman–Crippen LogP) is 2.94. The van der Waals surface area contributed by atoms with E-state index in [1.165, 1.54) is 16.5 Å². The first-order valence-electron chi connectivity index (χ1n) is 6.52. The maximum atomic E-state index is 11.7. The van der Waals surface area contributed by atoms with Crippen LogP contribution in [0.25, 0.3) is 0 Å². The Balaban J connectivity index is 1.70. The number of carbonyl (C=O) groups is 1. The molecule has 1 aromatic heterocycles. The van der Waals surface area contributed by atoms with Gasteiger partial charge in [-0.05, 0) is 30.5 Å². The van der Waals surface area contributed by atoms with Gasteiger partial charge in [0.1, 0.15) is 12.1 Å². The lowest BCUT2D eigenvalue weighted by Gasteiger charge is -2.06. The number of hydrogen-bond acceptors (Lipinski definition) is 3. The second-order valence-corrected chi connectivity index (χ2v) is 4.31. The van der Waals surface area contributed by atoms with Gasteiger partial charge in [0, 0.05) is 18.8 Å². The third-order valence-corrected chi connectivity index (χ3v) is 2.93. The van der Waals surface area contributed by atoms with E-state index in [4.69, 9.17) is 4.74 Å². The summed E-state index contributed by atoms with van der Waals surface area (Å²) in [4.78, 5) is 15.5. The van der Waals surface area contributed by atoms with Gasteiger partial charge in [-0.1, -0.05) is 19.1 Å². The lowest BCUT2D eigenvalue weighted by molar-refractivity contribution is 0.0893. The van der Waals surface area contributed by atoms with Crippen LogP contribution in [0.5, 0.6) is 5.75 Å². The lowest BCUT2D eigenvalue weighted by atomic mass is 10.2. The highest BCUT2D eigenvalue weighted by Gasteiger charge is 2.03. The number of aryl methyl sites for hydroxylation is 1. The standard InChI is InChI=1S/C15H18N2O2/c1-2-13-5-7-14(8-6-13)19-11-3-4-15(18)17-10-9-16-12-17/h5-10,12H,2-4,11H2,1H3. The largest absolute Gasteiger partial charge is 0.494 e. The Morgan fingerprint density at radius 3 is 2.74 bits per heavy atom. The quantitative estimate of drug-likeness (QED) is 0.748. The molecule has 2 aromatic rings. The van der Waals surface area contributed by atoms with Crippen molar-refractivity contribution < 1.29 is 9.53 Å². The van der Waals surface area contributed by atoms with Crippen LogP contribution in [0.2, 0.25) is 0 Å². The summed E-state index contributed by atoms with van der Waals surface area (Å²) in [6.07, 6.45) is 6.97. The normalized spacial score (nSPS) is 10.4. The van der Waals surface area contributed by atoms with Gasteiger partial charge in [-0.25, -0.2) is 4.98 Å². The molecule has 19 heavy (non-hydrogen) atoms. The first-order valence-corrected chi connectivity index (χ1v) is 6.52. The molecule has 0 N–H and O–H groups in total. The van der Waals surface area contributed by atoms with Crippen molar-refractivity contribution in [2.45, 2.75) is 26.2 Å². The second kappa shape index (κ2) is 6.73. The van der Waals surface area contributed by atoms with Crippen LogP contribution in [0, 0.1) is 0 Å². The lowest BCUT2D eigenvalue weighted by Crippen LogP contribution is -2.10. The molecule has 4 heteroatoms. The molecular weight excluding hydrogens is 240 g/mol. The van der Waals surface area contributed by atoms with Crippen molar-refractivity contribution >= 4 is 5.91 Å². The molecule has 0 saturated carbocycles. The fourth-order valence-corrected chi connectivity index (χ4v) is 1.77. The van der Waals surface area contributed by atoms with E-state index in [1.54, 1.807) is 12.4 Å². The zero-order valence-electron chi connectivity index (χ0n) is 11.1. The van der Waals surface area contributed by atoms with Gasteiger partial charge >= 0.3 is 0 Å². The molecule has 0 aliphatic rings. The average molecular weight is 258 g/mol. The van der Waals surface area contributed by atoms with Crippen LogP contribution < -0.4 is 4.74 Å². The van der Waals surface area contributed by atoms with Gasteiger partial charge in [0.15, 0.2) is 0 Å². The van der Waals surface area contributed by atoms with E-state index < -0.39 is 0 Å². The van der Waals surface area contributed by atoms with Gasteiger partial charge in [-0.15, -0.1) is 0 Å². The van der Waals surface area contributed by atoms with Crippen LogP contribution in [0.4, 0.5) is 0 Å². The summed E-state index contributed by atoms with van der Waals surface area (Å²) in [5.74, 6) is 0.898. The van der Waals surface area contributed by atoms with Crippen LogP contribution in [-0.2, 0) is 6.42 Å². The third-order valence-electron chi connectivity index (χ3n) is 2.93. The first-order chi connectivity index (χ1) is 9.29. The molecule has 0 fully saturated rings. The summed E-state index contributed by atoms with van der Waals surface area (Å²) >= 11 is 0. The molecule has 0 aliphatic heterocycles. The number of imidazole rings is 1. The van der Waals surface area contributed by atoms with E-state index in [0.717, 1.165) is 12.2 Å². The van der Waals surface area contributed by atoms with Gasteiger partial charge in [-0.2, -0.15) is 0 Å². The zero-order valence-corrected chi connectivity index (χ0v) is 11.1. The van der Waals surface area contributed by atoms with Crippen molar-refractivity contribution in [3.05, 3.63) is 48.5 Å². The molecule has 1 heterocycles. The van der Waals surface area contributed by atoms with E-state index >= 15 is 0 Å². The number of aromatic nitrogens is 2. The highest BCUT2D eigenvalue weighted by Crippen LogP contribution is 2.13. The van der Waals surface area contributed by atoms with Gasteiger partial charge in [0.25, 0.3) is 0 Å². The summed E-state index contributed by atoms with van der Waals surface area (Å²) in [7, 11) is 0. The van der Waals surface area contributed by atoms with Crippen molar-refractivity contribution in [2.24, 2.45) is 0 Å². The number of carbonyl (C=O) groups excluding carboxylic acids is 1. The smallest absolute Gasteiger partial charge is 0.231 e. The topological polar surface area (TPSA) is 44.1 Å². The molecule has 0 radical (unpaired) electrons. The van der Waals surface area contributed by atoms with Crippen LogP contribution in [0.3, 0.4) is 0 Å². The number of rotatable bonds is 6. The molecule has 0 spiro atoms. The minimum atomic E-state index is 0.0439. The van der Waals surface area contributed by atoms with Crippen LogP contribution in [-0.4, -0.2) is 22.1 Å². The van der Waals surface area contributed by atoms with E-state index in [0.29, 0.717) is 19.4 Å². The molecule has 0 amide bonds. The molecule has 0 unspecified atom stereocenters. The van der Waals surface area contributed by atoms with Crippen molar-refractivity contribution in [2.75, 3.05) is 6.61 Å². The number of nitrogens with zero attached hydrogens (tertiary/aromatic N) is 2. The van der Waals surface area contributed by atoms with E-state index in [1.807, 2.05) is 12.1 Å². The monoisotopic (exact) mass is 258 g/mol. The molecule has 100 valence electrons. The van der Waals surface area contributed by atoms with Gasteiger partial charge < -0.3 is 4.74 Å². The summed E-state index contributed by atoms with van der Waals surface area (Å²) < 4.78 is 7.09. The zero-order chi connectivity index (χ0) is 13.5. The maximum Gasteiger partial charge on any atom is 0.231 e. The molecule has 1 aromatic carbocycles. The maximum absolute atomic E-state index is 11.7. The second-order valence-electron chi connectivity index (χ2n) is 4.31. The van der Waals surface area contributed by atoms with Crippen molar-refractivity contribution in [1.29, 1.82) is 0 Å². The third kappa shape index (κ3) is 3.95. The molecule has 2 rings (SSSR count). The van der Waals surface area contributed by atoms with Crippen LogP contribution in [0.1, 0.15) is 30.1 Å². The highest BCUT2D eigenvalue weighted by molar-refractivity contribution is 5.78. The molecule has 0 saturated heterocycles.